The van der Waals surface area contributed by atoms with Gasteiger partial charge in [-0.1, -0.05) is 48.9 Å². The summed E-state index contributed by atoms with van der Waals surface area (Å²) in [6.45, 7) is 2.15. The van der Waals surface area contributed by atoms with E-state index < -0.39 is 0 Å². The molecule has 0 unspecified atom stereocenters. The molecule has 0 aliphatic carbocycles. The largest absolute Gasteiger partial charge is 0.322 e. The standard InChI is InChI=1S/C19H18ClNO/c1-2-3-4-5-8-15-9-6-12-18(13-15)21-19(22)16-10-7-11-17(20)14-16/h6-7,9-14H,2-4H2,1H3,(H,21,22). The zero-order valence-corrected chi connectivity index (χ0v) is 13.3. The van der Waals surface area contributed by atoms with Gasteiger partial charge in [-0.25, -0.2) is 0 Å². The highest BCUT2D eigenvalue weighted by Gasteiger charge is 2.06. The maximum atomic E-state index is 12.2. The van der Waals surface area contributed by atoms with Crippen molar-refractivity contribution < 1.29 is 4.79 Å². The Morgan fingerprint density at radius 3 is 2.77 bits per heavy atom. The first kappa shape index (κ1) is 16.1. The van der Waals surface area contributed by atoms with Gasteiger partial charge in [0.1, 0.15) is 0 Å². The van der Waals surface area contributed by atoms with Gasteiger partial charge in [0.25, 0.3) is 5.91 Å². The molecule has 0 aromatic heterocycles. The number of carbonyl (C=O) groups is 1. The van der Waals surface area contributed by atoms with Crippen molar-refractivity contribution in [3.8, 4) is 11.8 Å². The lowest BCUT2D eigenvalue weighted by Crippen LogP contribution is -2.11. The summed E-state index contributed by atoms with van der Waals surface area (Å²) in [5, 5.41) is 3.41. The average molecular weight is 312 g/mol. The minimum absolute atomic E-state index is 0.182. The van der Waals surface area contributed by atoms with Crippen LogP contribution in [0.4, 0.5) is 5.69 Å². The lowest BCUT2D eigenvalue weighted by molar-refractivity contribution is 0.102. The molecular weight excluding hydrogens is 294 g/mol. The van der Waals surface area contributed by atoms with Crippen molar-refractivity contribution in [1.82, 2.24) is 0 Å². The van der Waals surface area contributed by atoms with Gasteiger partial charge in [0.05, 0.1) is 0 Å². The quantitative estimate of drug-likeness (QED) is 0.615. The Morgan fingerprint density at radius 2 is 2.00 bits per heavy atom. The molecular formula is C19H18ClNO. The fourth-order valence-corrected chi connectivity index (χ4v) is 2.13. The van der Waals surface area contributed by atoms with E-state index in [-0.39, 0.29) is 5.91 Å². The summed E-state index contributed by atoms with van der Waals surface area (Å²) in [6, 6.07) is 14.4. The predicted molar refractivity (Wildman–Crippen MR) is 92.3 cm³/mol. The fourth-order valence-electron chi connectivity index (χ4n) is 1.94. The van der Waals surface area contributed by atoms with Gasteiger partial charge < -0.3 is 5.32 Å². The molecule has 2 aromatic carbocycles. The molecule has 0 aliphatic heterocycles. The highest BCUT2D eigenvalue weighted by molar-refractivity contribution is 6.31. The van der Waals surface area contributed by atoms with Gasteiger partial charge in [-0.2, -0.15) is 0 Å². The van der Waals surface area contributed by atoms with Gasteiger partial charge in [-0.05, 0) is 42.8 Å². The molecule has 2 rings (SSSR count). The van der Waals surface area contributed by atoms with Crippen molar-refractivity contribution >= 4 is 23.2 Å². The summed E-state index contributed by atoms with van der Waals surface area (Å²) in [4.78, 5) is 12.2. The first-order chi connectivity index (χ1) is 10.7. The first-order valence-electron chi connectivity index (χ1n) is 7.35. The minimum Gasteiger partial charge on any atom is -0.322 e. The maximum Gasteiger partial charge on any atom is 0.255 e. The third-order valence-corrected chi connectivity index (χ3v) is 3.33. The first-order valence-corrected chi connectivity index (χ1v) is 7.72. The van der Waals surface area contributed by atoms with Crippen LogP contribution in [-0.4, -0.2) is 5.91 Å². The third kappa shape index (κ3) is 4.95. The molecule has 2 nitrogen and oxygen atoms in total. The highest BCUT2D eigenvalue weighted by Crippen LogP contribution is 2.14. The lowest BCUT2D eigenvalue weighted by atomic mass is 10.1. The smallest absolute Gasteiger partial charge is 0.255 e. The van der Waals surface area contributed by atoms with E-state index >= 15 is 0 Å². The summed E-state index contributed by atoms with van der Waals surface area (Å²) >= 11 is 5.90. The van der Waals surface area contributed by atoms with Crippen molar-refractivity contribution in [2.24, 2.45) is 0 Å². The van der Waals surface area contributed by atoms with Crippen LogP contribution in [-0.2, 0) is 0 Å². The van der Waals surface area contributed by atoms with E-state index in [1.165, 1.54) is 0 Å². The second-order valence-corrected chi connectivity index (χ2v) is 5.39. The van der Waals surface area contributed by atoms with Crippen molar-refractivity contribution in [3.63, 3.8) is 0 Å². The number of rotatable bonds is 4. The molecule has 0 radical (unpaired) electrons. The summed E-state index contributed by atoms with van der Waals surface area (Å²) in [7, 11) is 0. The SMILES string of the molecule is CCCCC#Cc1cccc(NC(=O)c2cccc(Cl)c2)c1. The molecule has 1 N–H and O–H groups in total. The van der Waals surface area contributed by atoms with Gasteiger partial charge in [0.15, 0.2) is 0 Å². The summed E-state index contributed by atoms with van der Waals surface area (Å²) < 4.78 is 0. The maximum absolute atomic E-state index is 12.2. The summed E-state index contributed by atoms with van der Waals surface area (Å²) in [6.07, 6.45) is 3.15. The zero-order valence-electron chi connectivity index (χ0n) is 12.5. The van der Waals surface area contributed by atoms with E-state index in [1.807, 2.05) is 24.3 Å². The van der Waals surface area contributed by atoms with E-state index in [1.54, 1.807) is 24.3 Å². The minimum atomic E-state index is -0.182. The number of halogens is 1. The fraction of sp³-hybridized carbons (Fsp3) is 0.211. The Balaban J connectivity index is 2.06. The van der Waals surface area contributed by atoms with Crippen LogP contribution in [0.5, 0.6) is 0 Å². The molecule has 0 aliphatic rings. The van der Waals surface area contributed by atoms with E-state index in [9.17, 15) is 4.79 Å². The Morgan fingerprint density at radius 1 is 1.18 bits per heavy atom. The molecule has 1 amide bonds. The normalized spacial score (nSPS) is 9.73. The number of amides is 1. The second-order valence-electron chi connectivity index (χ2n) is 4.95. The van der Waals surface area contributed by atoms with E-state index in [2.05, 4.69) is 24.1 Å². The van der Waals surface area contributed by atoms with Crippen molar-refractivity contribution in [1.29, 1.82) is 0 Å². The van der Waals surface area contributed by atoms with Gasteiger partial charge in [0, 0.05) is 28.3 Å². The molecule has 0 atom stereocenters. The number of carbonyl (C=O) groups excluding carboxylic acids is 1. The number of hydrogen-bond donors (Lipinski definition) is 1. The molecule has 2 aromatic rings. The van der Waals surface area contributed by atoms with Crippen LogP contribution in [0.3, 0.4) is 0 Å². The molecule has 112 valence electrons. The monoisotopic (exact) mass is 311 g/mol. The third-order valence-electron chi connectivity index (χ3n) is 3.10. The number of nitrogens with one attached hydrogen (secondary N) is 1. The van der Waals surface area contributed by atoms with E-state index in [0.717, 1.165) is 30.5 Å². The van der Waals surface area contributed by atoms with Crippen LogP contribution in [0.25, 0.3) is 0 Å². The van der Waals surface area contributed by atoms with Crippen LogP contribution in [0.15, 0.2) is 48.5 Å². The highest BCUT2D eigenvalue weighted by atomic mass is 35.5. The molecule has 0 saturated carbocycles. The van der Waals surface area contributed by atoms with Crippen molar-refractivity contribution in [2.45, 2.75) is 26.2 Å². The summed E-state index contributed by atoms with van der Waals surface area (Å²) in [5.74, 6) is 6.08. The van der Waals surface area contributed by atoms with Gasteiger partial charge in [-0.15, -0.1) is 0 Å². The number of unbranched alkanes of at least 4 members (excludes halogenated alkanes) is 2. The van der Waals surface area contributed by atoms with Crippen LogP contribution in [0, 0.1) is 11.8 Å². The molecule has 22 heavy (non-hydrogen) atoms. The number of hydrogen-bond acceptors (Lipinski definition) is 1. The van der Waals surface area contributed by atoms with E-state index in [4.69, 9.17) is 11.6 Å². The lowest BCUT2D eigenvalue weighted by Gasteiger charge is -2.06. The zero-order chi connectivity index (χ0) is 15.8. The molecule has 3 heteroatoms. The van der Waals surface area contributed by atoms with Crippen LogP contribution < -0.4 is 5.32 Å². The van der Waals surface area contributed by atoms with Crippen molar-refractivity contribution in [2.75, 3.05) is 5.32 Å². The molecule has 0 heterocycles. The topological polar surface area (TPSA) is 29.1 Å². The van der Waals surface area contributed by atoms with E-state index in [0.29, 0.717) is 10.6 Å². The molecule has 0 fully saturated rings. The molecule has 0 spiro atoms. The predicted octanol–water partition coefficient (Wildman–Crippen LogP) is 5.13. The molecule has 0 bridgehead atoms. The average Bonchev–Trinajstić information content (AvgIpc) is 2.52. The Kier molecular flexibility index (Phi) is 6.06. The Bertz CT molecular complexity index is 713. The van der Waals surface area contributed by atoms with Gasteiger partial charge >= 0.3 is 0 Å². The van der Waals surface area contributed by atoms with Crippen LogP contribution in [0.2, 0.25) is 5.02 Å². The van der Waals surface area contributed by atoms with Crippen LogP contribution in [0.1, 0.15) is 42.1 Å². The number of anilines is 1. The Hall–Kier alpha value is -2.24. The second kappa shape index (κ2) is 8.26. The summed E-state index contributed by atoms with van der Waals surface area (Å²) in [5.41, 5.74) is 2.17. The number of benzene rings is 2. The Labute approximate surface area is 136 Å². The van der Waals surface area contributed by atoms with Gasteiger partial charge in [0.2, 0.25) is 0 Å². The van der Waals surface area contributed by atoms with Gasteiger partial charge in [-0.3, -0.25) is 4.79 Å². The van der Waals surface area contributed by atoms with Crippen molar-refractivity contribution in [3.05, 3.63) is 64.7 Å². The molecule has 0 saturated heterocycles. The van der Waals surface area contributed by atoms with Crippen LogP contribution >= 0.6 is 11.6 Å².